The minimum atomic E-state index is -0.619. The molecule has 0 radical (unpaired) electrons. The van der Waals surface area contributed by atoms with Crippen LogP contribution in [-0.4, -0.2) is 9.55 Å². The molecule has 0 aliphatic heterocycles. The normalized spacial score (nSPS) is 11.3. The highest BCUT2D eigenvalue weighted by Gasteiger charge is 2.15. The number of nitrogens with zero attached hydrogens (tertiary/aromatic N) is 1. The first-order chi connectivity index (χ1) is 9.88. The molecule has 108 valence electrons. The number of benzene rings is 2. The molecule has 0 spiro atoms. The van der Waals surface area contributed by atoms with Crippen LogP contribution < -0.4 is 0 Å². The van der Waals surface area contributed by atoms with Gasteiger partial charge in [-0.3, -0.25) is 4.57 Å². The number of hydrogen-bond donors (Lipinski definition) is 1. The third-order valence-electron chi connectivity index (χ3n) is 2.95. The molecule has 0 aliphatic carbocycles. The minimum Gasteiger partial charge on any atom is -0.330 e. The second-order valence-electron chi connectivity index (χ2n) is 4.27. The number of aromatic nitrogens is 2. The highest BCUT2D eigenvalue weighted by molar-refractivity contribution is 9.10. The second-order valence-corrected chi connectivity index (χ2v) is 6.32. The molecule has 1 aromatic heterocycles. The standard InChI is InChI=1S/C13H5BrCl2F2N2S/c14-5-1-9(18)11(4-8(5)17)20-12-3-7(16)6(15)2-10(12)19-13(20)21/h1-4H,(H,19,21). The lowest BCUT2D eigenvalue weighted by Gasteiger charge is -2.08. The third-order valence-corrected chi connectivity index (χ3v) is 4.57. The zero-order valence-electron chi connectivity index (χ0n) is 10.1. The van der Waals surface area contributed by atoms with Crippen LogP contribution in [0, 0.1) is 16.4 Å². The molecular weight excluding hydrogens is 405 g/mol. The molecule has 0 bridgehead atoms. The Kier molecular flexibility index (Phi) is 3.81. The maximum atomic E-state index is 14.1. The summed E-state index contributed by atoms with van der Waals surface area (Å²) in [6.45, 7) is 0. The van der Waals surface area contributed by atoms with E-state index in [0.717, 1.165) is 12.1 Å². The molecule has 21 heavy (non-hydrogen) atoms. The van der Waals surface area contributed by atoms with Gasteiger partial charge in [0, 0.05) is 6.07 Å². The fourth-order valence-electron chi connectivity index (χ4n) is 2.02. The number of imidazole rings is 1. The Morgan fingerprint density at radius 3 is 2.43 bits per heavy atom. The SMILES string of the molecule is Fc1cc(-n2c(=S)[nH]c3cc(Cl)c(Cl)cc32)c(F)cc1Br. The van der Waals surface area contributed by atoms with Crippen molar-refractivity contribution in [3.8, 4) is 5.69 Å². The number of fused-ring (bicyclic) bond motifs is 1. The number of halogens is 5. The van der Waals surface area contributed by atoms with Gasteiger partial charge in [0.05, 0.1) is 31.2 Å². The van der Waals surface area contributed by atoms with Crippen LogP contribution in [-0.2, 0) is 0 Å². The maximum Gasteiger partial charge on any atom is 0.182 e. The van der Waals surface area contributed by atoms with E-state index in [1.807, 2.05) is 0 Å². The molecule has 0 atom stereocenters. The molecule has 1 N–H and O–H groups in total. The molecule has 2 aromatic carbocycles. The van der Waals surface area contributed by atoms with E-state index in [1.165, 1.54) is 4.57 Å². The van der Waals surface area contributed by atoms with Crippen LogP contribution in [0.4, 0.5) is 8.78 Å². The minimum absolute atomic E-state index is 0.00895. The molecular formula is C13H5BrCl2F2N2S. The summed E-state index contributed by atoms with van der Waals surface area (Å²) >= 11 is 20.0. The zero-order chi connectivity index (χ0) is 15.3. The van der Waals surface area contributed by atoms with Crippen molar-refractivity contribution in [3.05, 3.63) is 55.2 Å². The van der Waals surface area contributed by atoms with Crippen molar-refractivity contribution in [1.82, 2.24) is 9.55 Å². The van der Waals surface area contributed by atoms with Crippen molar-refractivity contribution in [2.75, 3.05) is 0 Å². The quantitative estimate of drug-likeness (QED) is 0.384. The lowest BCUT2D eigenvalue weighted by molar-refractivity contribution is 0.588. The topological polar surface area (TPSA) is 20.7 Å². The summed E-state index contributed by atoms with van der Waals surface area (Å²) in [7, 11) is 0. The monoisotopic (exact) mass is 408 g/mol. The van der Waals surface area contributed by atoms with Crippen LogP contribution in [0.2, 0.25) is 10.0 Å². The number of H-pyrrole nitrogens is 1. The number of aromatic amines is 1. The Morgan fingerprint density at radius 1 is 1.05 bits per heavy atom. The van der Waals surface area contributed by atoms with Crippen LogP contribution in [0.15, 0.2) is 28.7 Å². The Labute approximate surface area is 141 Å². The van der Waals surface area contributed by atoms with E-state index in [2.05, 4.69) is 20.9 Å². The fraction of sp³-hybridized carbons (Fsp3) is 0. The molecule has 8 heteroatoms. The van der Waals surface area contributed by atoms with Gasteiger partial charge >= 0.3 is 0 Å². The van der Waals surface area contributed by atoms with Gasteiger partial charge in [-0.2, -0.15) is 0 Å². The summed E-state index contributed by atoms with van der Waals surface area (Å²) in [5.41, 5.74) is 1.08. The molecule has 3 rings (SSSR count). The van der Waals surface area contributed by atoms with Gasteiger partial charge in [0.1, 0.15) is 11.6 Å². The predicted molar refractivity (Wildman–Crippen MR) is 86.1 cm³/mol. The van der Waals surface area contributed by atoms with Crippen LogP contribution in [0.1, 0.15) is 0 Å². The van der Waals surface area contributed by atoms with Crippen molar-refractivity contribution >= 4 is 62.4 Å². The van der Waals surface area contributed by atoms with Crippen molar-refractivity contribution in [1.29, 1.82) is 0 Å². The average molecular weight is 410 g/mol. The predicted octanol–water partition coefficient (Wildman–Crippen LogP) is 6.04. The van der Waals surface area contributed by atoms with Crippen LogP contribution in [0.25, 0.3) is 16.7 Å². The zero-order valence-corrected chi connectivity index (χ0v) is 14.0. The molecule has 0 unspecified atom stereocenters. The molecule has 2 nitrogen and oxygen atoms in total. The molecule has 0 fully saturated rings. The van der Waals surface area contributed by atoms with Crippen molar-refractivity contribution in [2.45, 2.75) is 0 Å². The van der Waals surface area contributed by atoms with E-state index in [-0.39, 0.29) is 14.9 Å². The van der Waals surface area contributed by atoms with Gasteiger partial charge in [-0.25, -0.2) is 8.78 Å². The van der Waals surface area contributed by atoms with Gasteiger partial charge in [-0.1, -0.05) is 23.2 Å². The number of nitrogens with one attached hydrogen (secondary N) is 1. The Hall–Kier alpha value is -0.950. The van der Waals surface area contributed by atoms with E-state index in [0.29, 0.717) is 21.1 Å². The largest absolute Gasteiger partial charge is 0.330 e. The van der Waals surface area contributed by atoms with Crippen molar-refractivity contribution in [3.63, 3.8) is 0 Å². The molecule has 0 amide bonds. The first-order valence-corrected chi connectivity index (χ1v) is 7.59. The van der Waals surface area contributed by atoms with Gasteiger partial charge in [-0.15, -0.1) is 0 Å². The van der Waals surface area contributed by atoms with E-state index < -0.39 is 11.6 Å². The molecule has 3 aromatic rings. The highest BCUT2D eigenvalue weighted by atomic mass is 79.9. The van der Waals surface area contributed by atoms with Crippen molar-refractivity contribution in [2.24, 2.45) is 0 Å². The van der Waals surface area contributed by atoms with Crippen LogP contribution in [0.5, 0.6) is 0 Å². The Bertz CT molecular complexity index is 936. The molecule has 1 heterocycles. The number of hydrogen-bond acceptors (Lipinski definition) is 1. The summed E-state index contributed by atoms with van der Waals surface area (Å²) in [5, 5.41) is 0.639. The third kappa shape index (κ3) is 2.50. The smallest absolute Gasteiger partial charge is 0.182 e. The fourth-order valence-corrected chi connectivity index (χ4v) is 2.97. The van der Waals surface area contributed by atoms with Gasteiger partial charge in [0.2, 0.25) is 0 Å². The van der Waals surface area contributed by atoms with E-state index in [9.17, 15) is 8.78 Å². The van der Waals surface area contributed by atoms with E-state index >= 15 is 0 Å². The maximum absolute atomic E-state index is 14.1. The molecule has 0 saturated heterocycles. The first-order valence-electron chi connectivity index (χ1n) is 5.63. The second kappa shape index (κ2) is 5.35. The van der Waals surface area contributed by atoms with E-state index in [4.69, 9.17) is 35.4 Å². The Balaban J connectivity index is 2.40. The summed E-state index contributed by atoms with van der Waals surface area (Å²) in [6, 6.07) is 5.23. The van der Waals surface area contributed by atoms with Crippen LogP contribution in [0.3, 0.4) is 0 Å². The lowest BCUT2D eigenvalue weighted by atomic mass is 10.2. The first kappa shape index (κ1) is 15.0. The molecule has 0 saturated carbocycles. The molecule has 0 aliphatic rings. The van der Waals surface area contributed by atoms with Gasteiger partial charge in [-0.05, 0) is 46.3 Å². The summed E-state index contributed by atoms with van der Waals surface area (Å²) < 4.78 is 29.5. The highest BCUT2D eigenvalue weighted by Crippen LogP contribution is 2.31. The van der Waals surface area contributed by atoms with E-state index in [1.54, 1.807) is 12.1 Å². The average Bonchev–Trinajstić information content (AvgIpc) is 2.70. The van der Waals surface area contributed by atoms with Gasteiger partial charge in [0.15, 0.2) is 4.77 Å². The van der Waals surface area contributed by atoms with Crippen molar-refractivity contribution < 1.29 is 8.78 Å². The van der Waals surface area contributed by atoms with Gasteiger partial charge in [0.25, 0.3) is 0 Å². The van der Waals surface area contributed by atoms with Crippen LogP contribution >= 0.6 is 51.3 Å². The summed E-state index contributed by atoms with van der Waals surface area (Å²) in [6.07, 6.45) is 0. The number of rotatable bonds is 1. The van der Waals surface area contributed by atoms with Gasteiger partial charge < -0.3 is 4.98 Å². The lowest BCUT2D eigenvalue weighted by Crippen LogP contribution is -1.99. The summed E-state index contributed by atoms with van der Waals surface area (Å²) in [4.78, 5) is 2.89. The Morgan fingerprint density at radius 2 is 1.71 bits per heavy atom. The summed E-state index contributed by atoms with van der Waals surface area (Å²) in [5.74, 6) is -1.21.